The van der Waals surface area contributed by atoms with Gasteiger partial charge < -0.3 is 5.11 Å². The fourth-order valence-corrected chi connectivity index (χ4v) is 2.87. The van der Waals surface area contributed by atoms with Crippen LogP contribution >= 0.6 is 0 Å². The summed E-state index contributed by atoms with van der Waals surface area (Å²) in [7, 11) is 0. The summed E-state index contributed by atoms with van der Waals surface area (Å²) in [5, 5.41) is 8.55. The Kier molecular flexibility index (Phi) is 5.18. The number of Topliss-reactive ketones (excluding diaryl/α,β-unsaturated/α-hetero) is 1. The highest BCUT2D eigenvalue weighted by Crippen LogP contribution is 2.24. The van der Waals surface area contributed by atoms with E-state index in [9.17, 15) is 13.6 Å². The minimum atomic E-state index is -3.22. The first-order valence-corrected chi connectivity index (χ1v) is 8.34. The highest BCUT2D eigenvalue weighted by molar-refractivity contribution is 6.15. The fraction of sp³-hybridized carbons (Fsp3) is 0.368. The van der Waals surface area contributed by atoms with Crippen molar-refractivity contribution in [2.75, 3.05) is 6.61 Å². The SMILES string of the molecule is Cc1cc(C2=NCc3cc(CC(=O)CCC(F)(F)CO)ncc32)ccn1. The molecule has 5 nitrogen and oxygen atoms in total. The largest absolute Gasteiger partial charge is 0.390 e. The number of nitrogens with zero attached hydrogens (tertiary/aromatic N) is 3. The molecular weight excluding hydrogens is 340 g/mol. The van der Waals surface area contributed by atoms with Gasteiger partial charge in [0.05, 0.1) is 12.3 Å². The second-order valence-electron chi connectivity index (χ2n) is 6.41. The van der Waals surface area contributed by atoms with Gasteiger partial charge in [-0.15, -0.1) is 0 Å². The Bertz CT molecular complexity index is 866. The third kappa shape index (κ3) is 4.16. The summed E-state index contributed by atoms with van der Waals surface area (Å²) < 4.78 is 26.1. The molecule has 0 aliphatic carbocycles. The summed E-state index contributed by atoms with van der Waals surface area (Å²) in [4.78, 5) is 24.9. The minimum absolute atomic E-state index is 0.00150. The van der Waals surface area contributed by atoms with Crippen LogP contribution in [0.15, 0.2) is 35.6 Å². The third-order valence-corrected chi connectivity index (χ3v) is 4.26. The van der Waals surface area contributed by atoms with Gasteiger partial charge in [-0.05, 0) is 30.7 Å². The maximum Gasteiger partial charge on any atom is 0.271 e. The molecule has 3 heterocycles. The maximum atomic E-state index is 13.0. The lowest BCUT2D eigenvalue weighted by Gasteiger charge is -2.12. The van der Waals surface area contributed by atoms with Crippen molar-refractivity contribution < 1.29 is 18.7 Å². The van der Waals surface area contributed by atoms with E-state index in [1.807, 2.05) is 25.1 Å². The zero-order valence-electron chi connectivity index (χ0n) is 14.4. The first-order valence-electron chi connectivity index (χ1n) is 8.34. The Morgan fingerprint density at radius 3 is 2.85 bits per heavy atom. The van der Waals surface area contributed by atoms with Crippen LogP contribution in [0.4, 0.5) is 8.78 Å². The highest BCUT2D eigenvalue weighted by atomic mass is 19.3. The molecule has 1 aliphatic heterocycles. The lowest BCUT2D eigenvalue weighted by atomic mass is 10.0. The molecule has 0 aromatic carbocycles. The molecule has 136 valence electrons. The number of aromatic nitrogens is 2. The second kappa shape index (κ2) is 7.37. The molecule has 0 spiro atoms. The summed E-state index contributed by atoms with van der Waals surface area (Å²) in [6.07, 6.45) is 2.47. The number of rotatable bonds is 7. The van der Waals surface area contributed by atoms with Crippen molar-refractivity contribution in [3.8, 4) is 0 Å². The van der Waals surface area contributed by atoms with Crippen LogP contribution in [-0.4, -0.2) is 39.1 Å². The maximum absolute atomic E-state index is 13.0. The van der Waals surface area contributed by atoms with Gasteiger partial charge in [0.25, 0.3) is 5.92 Å². The summed E-state index contributed by atoms with van der Waals surface area (Å²) in [6, 6.07) is 5.65. The Morgan fingerprint density at radius 1 is 1.31 bits per heavy atom. The molecule has 0 fully saturated rings. The van der Waals surface area contributed by atoms with Crippen molar-refractivity contribution in [2.24, 2.45) is 4.99 Å². The number of pyridine rings is 2. The number of hydrogen-bond acceptors (Lipinski definition) is 5. The van der Waals surface area contributed by atoms with Crippen molar-refractivity contribution in [2.45, 2.75) is 38.7 Å². The molecule has 0 radical (unpaired) electrons. The molecule has 0 atom stereocenters. The topological polar surface area (TPSA) is 75.4 Å². The molecule has 2 aromatic heterocycles. The number of aliphatic hydroxyl groups excluding tert-OH is 1. The first kappa shape index (κ1) is 18.3. The number of carbonyl (C=O) groups is 1. The van der Waals surface area contributed by atoms with E-state index in [0.717, 1.165) is 28.1 Å². The van der Waals surface area contributed by atoms with Crippen molar-refractivity contribution in [1.82, 2.24) is 9.97 Å². The average Bonchev–Trinajstić information content (AvgIpc) is 3.03. The van der Waals surface area contributed by atoms with Crippen LogP contribution < -0.4 is 0 Å². The Morgan fingerprint density at radius 2 is 2.12 bits per heavy atom. The van der Waals surface area contributed by atoms with E-state index in [2.05, 4.69) is 15.0 Å². The molecule has 0 saturated carbocycles. The average molecular weight is 359 g/mol. The predicted octanol–water partition coefficient (Wildman–Crippen LogP) is 2.66. The molecule has 1 N–H and O–H groups in total. The van der Waals surface area contributed by atoms with E-state index in [-0.39, 0.29) is 18.6 Å². The van der Waals surface area contributed by atoms with E-state index in [1.165, 1.54) is 0 Å². The quantitative estimate of drug-likeness (QED) is 0.825. The lowest BCUT2D eigenvalue weighted by molar-refractivity contribution is -0.121. The Balaban J connectivity index is 1.69. The summed E-state index contributed by atoms with van der Waals surface area (Å²) in [5.74, 6) is -3.54. The number of fused-ring (bicyclic) bond motifs is 1. The monoisotopic (exact) mass is 359 g/mol. The van der Waals surface area contributed by atoms with Crippen LogP contribution in [0.2, 0.25) is 0 Å². The van der Waals surface area contributed by atoms with Gasteiger partial charge in [-0.1, -0.05) is 0 Å². The molecule has 1 aliphatic rings. The smallest absolute Gasteiger partial charge is 0.271 e. The van der Waals surface area contributed by atoms with E-state index >= 15 is 0 Å². The zero-order valence-corrected chi connectivity index (χ0v) is 14.4. The van der Waals surface area contributed by atoms with Crippen molar-refractivity contribution >= 4 is 11.5 Å². The number of aliphatic hydroxyl groups is 1. The van der Waals surface area contributed by atoms with Crippen LogP contribution in [0.25, 0.3) is 0 Å². The number of hydrogen-bond donors (Lipinski definition) is 1. The van der Waals surface area contributed by atoms with Crippen molar-refractivity contribution in [3.05, 3.63) is 58.7 Å². The van der Waals surface area contributed by atoms with Gasteiger partial charge in [0.2, 0.25) is 0 Å². The highest BCUT2D eigenvalue weighted by Gasteiger charge is 2.28. The third-order valence-electron chi connectivity index (χ3n) is 4.26. The van der Waals surface area contributed by atoms with Gasteiger partial charge in [0.1, 0.15) is 12.4 Å². The summed E-state index contributed by atoms with van der Waals surface area (Å²) >= 11 is 0. The summed E-state index contributed by atoms with van der Waals surface area (Å²) in [5.41, 5.74) is 5.13. The predicted molar refractivity (Wildman–Crippen MR) is 92.5 cm³/mol. The number of carbonyl (C=O) groups excluding carboxylic acids is 1. The van der Waals surface area contributed by atoms with Crippen molar-refractivity contribution in [1.29, 1.82) is 0 Å². The number of aliphatic imine (C=N–C) groups is 1. The van der Waals surface area contributed by atoms with Gasteiger partial charge in [0, 0.05) is 54.2 Å². The molecule has 26 heavy (non-hydrogen) atoms. The first-order chi connectivity index (χ1) is 12.4. The van der Waals surface area contributed by atoms with Crippen LogP contribution in [0.3, 0.4) is 0 Å². The molecule has 0 unspecified atom stereocenters. The van der Waals surface area contributed by atoms with Crippen molar-refractivity contribution in [3.63, 3.8) is 0 Å². The van der Waals surface area contributed by atoms with E-state index in [1.54, 1.807) is 12.4 Å². The van der Waals surface area contributed by atoms with E-state index < -0.39 is 19.0 Å². The molecular formula is C19H19F2N3O2. The zero-order chi connectivity index (χ0) is 18.7. The van der Waals surface area contributed by atoms with Gasteiger partial charge in [0.15, 0.2) is 0 Å². The molecule has 3 rings (SSSR count). The number of ketones is 1. The molecule has 2 aromatic rings. The summed E-state index contributed by atoms with van der Waals surface area (Å²) in [6.45, 7) is 1.16. The lowest BCUT2D eigenvalue weighted by Crippen LogP contribution is -2.22. The number of halogens is 2. The molecule has 7 heteroatoms. The van der Waals surface area contributed by atoms with Crippen LogP contribution in [0, 0.1) is 6.92 Å². The second-order valence-corrected chi connectivity index (χ2v) is 6.41. The fourth-order valence-electron chi connectivity index (χ4n) is 2.87. The van der Waals surface area contributed by atoms with Gasteiger partial charge in [-0.25, -0.2) is 8.78 Å². The number of aryl methyl sites for hydroxylation is 1. The van der Waals surface area contributed by atoms with E-state index in [4.69, 9.17) is 5.11 Å². The number of alkyl halides is 2. The van der Waals surface area contributed by atoms with Gasteiger partial charge >= 0.3 is 0 Å². The normalized spacial score (nSPS) is 13.5. The van der Waals surface area contributed by atoms with Crippen LogP contribution in [-0.2, 0) is 17.8 Å². The Labute approximate surface area is 149 Å². The van der Waals surface area contributed by atoms with Gasteiger partial charge in [-0.3, -0.25) is 19.8 Å². The minimum Gasteiger partial charge on any atom is -0.390 e. The standard InChI is InChI=1S/C19H19F2N3O2/c1-12-6-13(3-5-22-12)18-17-10-23-15(7-14(17)9-24-18)8-16(26)2-4-19(20,21)11-25/h3,5-7,10,25H,2,4,8-9,11H2,1H3. The van der Waals surface area contributed by atoms with Gasteiger partial charge in [-0.2, -0.15) is 0 Å². The Hall–Kier alpha value is -2.54. The molecule has 0 bridgehead atoms. The molecule has 0 saturated heterocycles. The van der Waals surface area contributed by atoms with Crippen LogP contribution in [0.5, 0.6) is 0 Å². The molecule has 0 amide bonds. The van der Waals surface area contributed by atoms with Crippen LogP contribution in [0.1, 0.15) is 40.9 Å². The van der Waals surface area contributed by atoms with E-state index in [0.29, 0.717) is 12.2 Å².